The van der Waals surface area contributed by atoms with Crippen molar-refractivity contribution < 1.29 is 9.90 Å². The van der Waals surface area contributed by atoms with Crippen LogP contribution in [-0.4, -0.2) is 26.8 Å². The van der Waals surface area contributed by atoms with Gasteiger partial charge in [0, 0.05) is 23.8 Å². The van der Waals surface area contributed by atoms with Crippen molar-refractivity contribution in [1.29, 1.82) is 0 Å². The average molecular weight is 399 g/mol. The number of H-pyrrole nitrogens is 1. The topological polar surface area (TPSA) is 117 Å². The molecule has 3 N–H and O–H groups in total. The van der Waals surface area contributed by atoms with Crippen molar-refractivity contribution in [1.82, 2.24) is 9.55 Å². The summed E-state index contributed by atoms with van der Waals surface area (Å²) in [7, 11) is 0. The van der Waals surface area contributed by atoms with Crippen LogP contribution in [0.1, 0.15) is 12.5 Å². The lowest BCUT2D eigenvalue weighted by atomic mass is 10.2. The van der Waals surface area contributed by atoms with Crippen LogP contribution in [0.15, 0.2) is 63.1 Å². The van der Waals surface area contributed by atoms with Crippen LogP contribution in [0.2, 0.25) is 5.02 Å². The molecule has 0 unspecified atom stereocenters. The van der Waals surface area contributed by atoms with Crippen LogP contribution >= 0.6 is 11.6 Å². The molecule has 28 heavy (non-hydrogen) atoms. The predicted molar refractivity (Wildman–Crippen MR) is 107 cm³/mol. The number of anilines is 1. The predicted octanol–water partition coefficient (Wildman–Crippen LogP) is 2.59. The molecule has 0 saturated heterocycles. The lowest BCUT2D eigenvalue weighted by Gasteiger charge is -2.09. The number of aliphatic imine (C=N–C) groups is 1. The van der Waals surface area contributed by atoms with Gasteiger partial charge < -0.3 is 10.4 Å². The number of carbonyl (C=O) groups excluding carboxylic acids is 1. The quantitative estimate of drug-likeness (QED) is 0.585. The van der Waals surface area contributed by atoms with E-state index in [4.69, 9.17) is 11.6 Å². The smallest absolute Gasteiger partial charge is 0.335 e. The van der Waals surface area contributed by atoms with Gasteiger partial charge in [-0.3, -0.25) is 19.6 Å². The summed E-state index contributed by atoms with van der Waals surface area (Å²) in [6, 6.07) is 12.8. The highest BCUT2D eigenvalue weighted by Crippen LogP contribution is 2.20. The van der Waals surface area contributed by atoms with Crippen LogP contribution in [0.4, 0.5) is 11.4 Å². The van der Waals surface area contributed by atoms with Crippen LogP contribution in [0.25, 0.3) is 5.69 Å². The second-order valence-corrected chi connectivity index (χ2v) is 6.23. The molecule has 142 valence electrons. The van der Waals surface area contributed by atoms with Gasteiger partial charge in [-0.25, -0.2) is 9.36 Å². The lowest BCUT2D eigenvalue weighted by Crippen LogP contribution is -2.31. The molecule has 9 heteroatoms. The Hall–Kier alpha value is -3.65. The van der Waals surface area contributed by atoms with Gasteiger partial charge in [-0.15, -0.1) is 0 Å². The Labute approximate surface area is 163 Å². The van der Waals surface area contributed by atoms with Crippen molar-refractivity contribution in [3.05, 3.63) is 80.0 Å². The van der Waals surface area contributed by atoms with Gasteiger partial charge in [-0.2, -0.15) is 0 Å². The number of aromatic hydroxyl groups is 1. The largest absolute Gasteiger partial charge is 0.493 e. The molecule has 0 spiro atoms. The molecule has 1 amide bonds. The Kier molecular flexibility index (Phi) is 5.42. The number of hydrogen-bond acceptors (Lipinski definition) is 5. The lowest BCUT2D eigenvalue weighted by molar-refractivity contribution is -0.114. The second-order valence-electron chi connectivity index (χ2n) is 5.80. The monoisotopic (exact) mass is 398 g/mol. The number of hydrogen-bond donors (Lipinski definition) is 3. The molecule has 0 aliphatic carbocycles. The summed E-state index contributed by atoms with van der Waals surface area (Å²) in [5.41, 5.74) is -0.477. The normalized spacial score (nSPS) is 10.9. The first-order valence-corrected chi connectivity index (χ1v) is 8.49. The summed E-state index contributed by atoms with van der Waals surface area (Å²) >= 11 is 5.84. The Morgan fingerprint density at radius 2 is 1.93 bits per heavy atom. The Balaban J connectivity index is 2.03. The van der Waals surface area contributed by atoms with Gasteiger partial charge in [0.15, 0.2) is 0 Å². The Morgan fingerprint density at radius 3 is 2.61 bits per heavy atom. The molecule has 1 heterocycles. The highest BCUT2D eigenvalue weighted by atomic mass is 35.5. The minimum Gasteiger partial charge on any atom is -0.493 e. The fourth-order valence-corrected chi connectivity index (χ4v) is 2.62. The summed E-state index contributed by atoms with van der Waals surface area (Å²) in [5.74, 6) is -0.789. The molecule has 0 atom stereocenters. The van der Waals surface area contributed by atoms with E-state index in [1.807, 2.05) is 0 Å². The van der Waals surface area contributed by atoms with Gasteiger partial charge >= 0.3 is 5.69 Å². The fourth-order valence-electron chi connectivity index (χ4n) is 2.49. The summed E-state index contributed by atoms with van der Waals surface area (Å²) < 4.78 is 0.937. The number of carbonyl (C=O) groups is 1. The van der Waals surface area contributed by atoms with Gasteiger partial charge in [-0.1, -0.05) is 17.7 Å². The molecule has 3 aromatic rings. The Morgan fingerprint density at radius 1 is 1.21 bits per heavy atom. The van der Waals surface area contributed by atoms with E-state index in [2.05, 4.69) is 15.3 Å². The molecule has 0 aliphatic rings. The first-order chi connectivity index (χ1) is 13.3. The molecule has 0 aliphatic heterocycles. The van der Waals surface area contributed by atoms with E-state index >= 15 is 0 Å². The molecule has 8 nitrogen and oxygen atoms in total. The Bertz CT molecular complexity index is 1180. The third kappa shape index (κ3) is 4.18. The van der Waals surface area contributed by atoms with Crippen molar-refractivity contribution in [2.45, 2.75) is 6.92 Å². The third-order valence-corrected chi connectivity index (χ3v) is 3.97. The maximum atomic E-state index is 12.1. The van der Waals surface area contributed by atoms with E-state index < -0.39 is 17.1 Å². The summed E-state index contributed by atoms with van der Waals surface area (Å²) in [6.07, 6.45) is 1.15. The third-order valence-electron chi connectivity index (χ3n) is 3.71. The summed E-state index contributed by atoms with van der Waals surface area (Å²) in [5, 5.41) is 13.6. The van der Waals surface area contributed by atoms with Crippen molar-refractivity contribution in [2.75, 3.05) is 5.32 Å². The summed E-state index contributed by atoms with van der Waals surface area (Å²) in [4.78, 5) is 41.7. The van der Waals surface area contributed by atoms with Crippen LogP contribution in [0.5, 0.6) is 5.88 Å². The molecule has 2 aromatic carbocycles. The number of nitrogens with zero attached hydrogens (tertiary/aromatic N) is 2. The van der Waals surface area contributed by atoms with Gasteiger partial charge in [-0.05, 0) is 42.5 Å². The van der Waals surface area contributed by atoms with E-state index in [-0.39, 0.29) is 11.5 Å². The number of aromatic amines is 1. The SMILES string of the molecule is CC(=O)Nc1cccc(N=Cc2c(O)n(-c3ccc(Cl)cc3)c(=O)[nH]c2=O)c1. The number of nitrogens with one attached hydrogen (secondary N) is 2. The molecule has 0 fully saturated rings. The maximum Gasteiger partial charge on any atom is 0.335 e. The van der Waals surface area contributed by atoms with Crippen LogP contribution < -0.4 is 16.6 Å². The summed E-state index contributed by atoms with van der Waals surface area (Å²) in [6.45, 7) is 1.38. The van der Waals surface area contributed by atoms with Gasteiger partial charge in [0.25, 0.3) is 5.56 Å². The van der Waals surface area contributed by atoms with Gasteiger partial charge in [0.1, 0.15) is 5.56 Å². The first-order valence-electron chi connectivity index (χ1n) is 8.11. The first kappa shape index (κ1) is 19.1. The number of rotatable bonds is 4. The van der Waals surface area contributed by atoms with Crippen molar-refractivity contribution in [2.24, 2.45) is 4.99 Å². The van der Waals surface area contributed by atoms with Crippen LogP contribution in [0.3, 0.4) is 0 Å². The van der Waals surface area contributed by atoms with Crippen molar-refractivity contribution in [3.8, 4) is 11.6 Å². The highest BCUT2D eigenvalue weighted by molar-refractivity contribution is 6.30. The average Bonchev–Trinajstić information content (AvgIpc) is 2.62. The number of halogens is 1. The van der Waals surface area contributed by atoms with E-state index in [9.17, 15) is 19.5 Å². The standard InChI is InChI=1S/C19H15ClN4O4/c1-11(25)22-14-4-2-3-13(9-14)21-10-16-17(26)23-19(28)24(18(16)27)15-7-5-12(20)6-8-15/h2-10,27H,1H3,(H,22,25)(H,23,26,28). The molecule has 0 bridgehead atoms. The number of benzene rings is 2. The molecule has 0 saturated carbocycles. The minimum absolute atomic E-state index is 0.195. The maximum absolute atomic E-state index is 12.1. The molecular formula is C19H15ClN4O4. The van der Waals surface area contributed by atoms with Crippen LogP contribution in [0, 0.1) is 0 Å². The van der Waals surface area contributed by atoms with E-state index in [1.54, 1.807) is 36.4 Å². The number of amides is 1. The van der Waals surface area contributed by atoms with E-state index in [0.29, 0.717) is 22.1 Å². The zero-order valence-electron chi connectivity index (χ0n) is 14.6. The minimum atomic E-state index is -0.797. The number of aromatic nitrogens is 2. The highest BCUT2D eigenvalue weighted by Gasteiger charge is 2.14. The van der Waals surface area contributed by atoms with E-state index in [0.717, 1.165) is 10.8 Å². The van der Waals surface area contributed by atoms with Crippen molar-refractivity contribution >= 4 is 35.1 Å². The molecule has 3 rings (SSSR count). The molecule has 0 radical (unpaired) electrons. The van der Waals surface area contributed by atoms with Gasteiger partial charge in [0.05, 0.1) is 11.4 Å². The van der Waals surface area contributed by atoms with Crippen molar-refractivity contribution in [3.63, 3.8) is 0 Å². The molecular weight excluding hydrogens is 384 g/mol. The zero-order chi connectivity index (χ0) is 20.3. The fraction of sp³-hybridized carbons (Fsp3) is 0.0526. The van der Waals surface area contributed by atoms with E-state index in [1.165, 1.54) is 19.1 Å². The second kappa shape index (κ2) is 7.93. The molecule has 1 aromatic heterocycles. The van der Waals surface area contributed by atoms with Crippen LogP contribution in [-0.2, 0) is 4.79 Å². The van der Waals surface area contributed by atoms with Gasteiger partial charge in [0.2, 0.25) is 11.8 Å². The zero-order valence-corrected chi connectivity index (χ0v) is 15.4.